The predicted molar refractivity (Wildman–Crippen MR) is 257 cm³/mol. The Morgan fingerprint density at radius 1 is 0.295 bits per heavy atom. The van der Waals surface area contributed by atoms with Gasteiger partial charge in [0.05, 0.1) is 27.8 Å². The second kappa shape index (κ2) is 14.4. The highest BCUT2D eigenvalue weighted by atomic mass is 15.0. The summed E-state index contributed by atoms with van der Waals surface area (Å²) in [5.41, 5.74) is 15.8. The number of hydrogen-bond donors (Lipinski definition) is 0. The lowest BCUT2D eigenvalue weighted by molar-refractivity contribution is 0.993. The average Bonchev–Trinajstić information content (AvgIpc) is 3.86. The molecule has 0 spiro atoms. The molecule has 12 rings (SSSR count). The fraction of sp³-hybridized carbons (Fsp3) is 0.0169. The quantitative estimate of drug-likeness (QED) is 0.143. The Morgan fingerprint density at radius 2 is 0.787 bits per heavy atom. The number of fused-ring (bicyclic) bond motifs is 7. The first-order valence-corrected chi connectivity index (χ1v) is 21.1. The summed E-state index contributed by atoms with van der Waals surface area (Å²) in [6, 6.07) is 87.0. The van der Waals surface area contributed by atoms with Crippen LogP contribution in [0.3, 0.4) is 0 Å². The van der Waals surface area contributed by atoms with Gasteiger partial charge in [-0.1, -0.05) is 194 Å². The van der Waals surface area contributed by atoms with Gasteiger partial charge in [0.2, 0.25) is 0 Å². The first-order chi connectivity index (χ1) is 30.3. The zero-order chi connectivity index (χ0) is 40.3. The molecule has 0 N–H and O–H groups in total. The maximum Gasteiger partial charge on any atom is 0.0547 e. The number of hydrogen-bond acceptors (Lipinski definition) is 0. The molecule has 10 aromatic carbocycles. The summed E-state index contributed by atoms with van der Waals surface area (Å²) in [5, 5.41) is 7.45. The van der Waals surface area contributed by atoms with Gasteiger partial charge in [-0.25, -0.2) is 0 Å². The van der Waals surface area contributed by atoms with Crippen molar-refractivity contribution >= 4 is 54.4 Å². The van der Waals surface area contributed by atoms with Gasteiger partial charge in [0, 0.05) is 38.7 Å². The molecule has 12 aromatic rings. The van der Waals surface area contributed by atoms with Crippen LogP contribution in [0.15, 0.2) is 237 Å². The lowest BCUT2D eigenvalue weighted by Crippen LogP contribution is -2.09. The van der Waals surface area contributed by atoms with E-state index in [1.165, 1.54) is 93.3 Å². The van der Waals surface area contributed by atoms with Gasteiger partial charge in [-0.05, 0) is 86.6 Å². The van der Waals surface area contributed by atoms with Crippen LogP contribution in [-0.4, -0.2) is 9.13 Å². The van der Waals surface area contributed by atoms with Gasteiger partial charge in [0.15, 0.2) is 0 Å². The van der Waals surface area contributed by atoms with Gasteiger partial charge in [0.25, 0.3) is 0 Å². The predicted octanol–water partition coefficient (Wildman–Crippen LogP) is 15.5. The van der Waals surface area contributed by atoms with E-state index in [0.717, 1.165) is 11.4 Å². The van der Waals surface area contributed by atoms with E-state index >= 15 is 0 Å². The Bertz CT molecular complexity index is 3540. The van der Waals surface area contributed by atoms with Crippen LogP contribution >= 0.6 is 0 Å². The third kappa shape index (κ3) is 5.57. The Labute approximate surface area is 354 Å². The van der Waals surface area contributed by atoms with E-state index in [9.17, 15) is 0 Å². The second-order valence-electron chi connectivity index (χ2n) is 16.0. The van der Waals surface area contributed by atoms with Crippen LogP contribution in [0.4, 0.5) is 0 Å². The van der Waals surface area contributed by atoms with Gasteiger partial charge in [-0.15, -0.1) is 0 Å². The topological polar surface area (TPSA) is 9.86 Å². The molecular formula is C59H40N2. The first-order valence-electron chi connectivity index (χ1n) is 21.1. The van der Waals surface area contributed by atoms with Crippen molar-refractivity contribution in [1.29, 1.82) is 0 Å². The minimum atomic E-state index is -0.142. The molecule has 2 aromatic heterocycles. The van der Waals surface area contributed by atoms with Crippen LogP contribution in [0, 0.1) is 0 Å². The van der Waals surface area contributed by atoms with E-state index < -0.39 is 0 Å². The molecule has 61 heavy (non-hydrogen) atoms. The number of nitrogens with zero attached hydrogens (tertiary/aromatic N) is 2. The molecule has 286 valence electrons. The van der Waals surface area contributed by atoms with Crippen molar-refractivity contribution in [2.45, 2.75) is 5.92 Å². The average molecular weight is 777 g/mol. The summed E-state index contributed by atoms with van der Waals surface area (Å²) in [6.07, 6.45) is 0. The van der Waals surface area contributed by atoms with E-state index in [-0.39, 0.29) is 5.92 Å². The Kier molecular flexibility index (Phi) is 8.28. The number of benzene rings is 10. The Morgan fingerprint density at radius 3 is 1.49 bits per heavy atom. The highest BCUT2D eigenvalue weighted by molar-refractivity contribution is 6.13. The summed E-state index contributed by atoms with van der Waals surface area (Å²) < 4.78 is 4.93. The van der Waals surface area contributed by atoms with E-state index in [2.05, 4.69) is 246 Å². The molecule has 0 saturated carbocycles. The normalized spacial score (nSPS) is 12.2. The first kappa shape index (κ1) is 35.0. The van der Waals surface area contributed by atoms with Gasteiger partial charge < -0.3 is 9.13 Å². The zero-order valence-corrected chi connectivity index (χ0v) is 33.5. The van der Waals surface area contributed by atoms with Crippen molar-refractivity contribution in [3.05, 3.63) is 253 Å². The van der Waals surface area contributed by atoms with E-state index in [4.69, 9.17) is 0 Å². The summed E-state index contributed by atoms with van der Waals surface area (Å²) in [4.78, 5) is 0. The number of rotatable bonds is 7. The third-order valence-corrected chi connectivity index (χ3v) is 12.7. The highest BCUT2D eigenvalue weighted by Crippen LogP contribution is 2.49. The molecule has 2 heteroatoms. The van der Waals surface area contributed by atoms with Crippen molar-refractivity contribution in [2.24, 2.45) is 0 Å². The fourth-order valence-corrected chi connectivity index (χ4v) is 10.2. The second-order valence-corrected chi connectivity index (χ2v) is 16.0. The molecule has 2 heterocycles. The van der Waals surface area contributed by atoms with Crippen molar-refractivity contribution in [3.63, 3.8) is 0 Å². The van der Waals surface area contributed by atoms with E-state index in [0.29, 0.717) is 0 Å². The molecule has 0 aliphatic carbocycles. The molecule has 0 fully saturated rings. The molecule has 0 bridgehead atoms. The van der Waals surface area contributed by atoms with Gasteiger partial charge >= 0.3 is 0 Å². The molecule has 0 aliphatic heterocycles. The smallest absolute Gasteiger partial charge is 0.0547 e. The molecule has 1 atom stereocenters. The summed E-state index contributed by atoms with van der Waals surface area (Å²) in [5.74, 6) is -0.142. The SMILES string of the molecule is c1ccc(-c2ccccc2C(c2ccccc2-c2c(-n3c4ccccc4c4ccccc43)ccc3ccccc23)c2cccc3c2c2ccccc2n3-c2ccccc2)cc1. The van der Waals surface area contributed by atoms with Crippen molar-refractivity contribution < 1.29 is 0 Å². The largest absolute Gasteiger partial charge is 0.309 e. The lowest BCUT2D eigenvalue weighted by Gasteiger charge is -2.27. The van der Waals surface area contributed by atoms with E-state index in [1.54, 1.807) is 0 Å². The van der Waals surface area contributed by atoms with Crippen LogP contribution in [-0.2, 0) is 0 Å². The van der Waals surface area contributed by atoms with Gasteiger partial charge in [-0.3, -0.25) is 0 Å². The molecule has 0 radical (unpaired) electrons. The highest BCUT2D eigenvalue weighted by Gasteiger charge is 2.29. The fourth-order valence-electron chi connectivity index (χ4n) is 10.2. The molecule has 0 aliphatic rings. The van der Waals surface area contributed by atoms with Gasteiger partial charge in [-0.2, -0.15) is 0 Å². The summed E-state index contributed by atoms with van der Waals surface area (Å²) >= 11 is 0. The van der Waals surface area contributed by atoms with Crippen molar-refractivity contribution in [3.8, 4) is 33.6 Å². The number of aromatic nitrogens is 2. The standard InChI is InChI=1S/C59H40N2/c1-3-20-40(21-4-1)43-25-9-10-29-47(43)57(51-33-19-37-55-59(51)50-32-15-18-36-54(50)60(55)42-23-5-2-6-24-42)48-30-11-12-31-49(48)58-44-26-8-7-22-41(44)38-39-56(58)61-52-34-16-13-27-45(52)46-28-14-17-35-53(46)61/h1-39,57H. The summed E-state index contributed by atoms with van der Waals surface area (Å²) in [6.45, 7) is 0. The van der Waals surface area contributed by atoms with E-state index in [1.807, 2.05) is 0 Å². The maximum absolute atomic E-state index is 2.49. The zero-order valence-electron chi connectivity index (χ0n) is 33.5. The van der Waals surface area contributed by atoms with Crippen LogP contribution in [0.25, 0.3) is 88.0 Å². The Hall–Kier alpha value is -7.94. The minimum absolute atomic E-state index is 0.142. The number of para-hydroxylation sites is 4. The monoisotopic (exact) mass is 776 g/mol. The van der Waals surface area contributed by atoms with Crippen LogP contribution in [0.1, 0.15) is 22.6 Å². The summed E-state index contributed by atoms with van der Waals surface area (Å²) in [7, 11) is 0. The van der Waals surface area contributed by atoms with Crippen molar-refractivity contribution in [1.82, 2.24) is 9.13 Å². The van der Waals surface area contributed by atoms with Crippen LogP contribution < -0.4 is 0 Å². The molecule has 0 saturated heterocycles. The van der Waals surface area contributed by atoms with Crippen molar-refractivity contribution in [2.75, 3.05) is 0 Å². The van der Waals surface area contributed by atoms with Crippen LogP contribution in [0.2, 0.25) is 0 Å². The minimum Gasteiger partial charge on any atom is -0.309 e. The molecule has 2 nitrogen and oxygen atoms in total. The molecular weight excluding hydrogens is 737 g/mol. The molecule has 0 amide bonds. The van der Waals surface area contributed by atoms with Crippen LogP contribution in [0.5, 0.6) is 0 Å². The van der Waals surface area contributed by atoms with Gasteiger partial charge in [0.1, 0.15) is 0 Å². The Balaban J connectivity index is 1.22. The maximum atomic E-state index is 2.49. The third-order valence-electron chi connectivity index (χ3n) is 12.7. The molecule has 1 unspecified atom stereocenters. The lowest BCUT2D eigenvalue weighted by atomic mass is 9.77.